The van der Waals surface area contributed by atoms with Crippen molar-refractivity contribution in [2.75, 3.05) is 5.32 Å². The maximum atomic E-state index is 14.2. The Hall–Kier alpha value is -3.14. The van der Waals surface area contributed by atoms with Crippen LogP contribution in [-0.4, -0.2) is 27.0 Å². The Kier molecular flexibility index (Phi) is 5.15. The van der Waals surface area contributed by atoms with Crippen LogP contribution in [0.5, 0.6) is 5.75 Å². The van der Waals surface area contributed by atoms with E-state index in [4.69, 9.17) is 0 Å². The van der Waals surface area contributed by atoms with Crippen LogP contribution < -0.4 is 10.9 Å². The van der Waals surface area contributed by atoms with Crippen LogP contribution in [0.3, 0.4) is 0 Å². The van der Waals surface area contributed by atoms with Crippen molar-refractivity contribution in [3.05, 3.63) is 69.5 Å². The molecule has 2 aromatic carbocycles. The molecule has 1 heterocycles. The molecule has 0 saturated carbocycles. The molecule has 3 atom stereocenters. The lowest BCUT2D eigenvalue weighted by Crippen LogP contribution is -2.55. The second-order valence-corrected chi connectivity index (χ2v) is 7.91. The highest BCUT2D eigenvalue weighted by molar-refractivity contribution is 5.91. The van der Waals surface area contributed by atoms with Crippen molar-refractivity contribution in [3.8, 4) is 5.75 Å². The number of phenolic OH excluding ortho intramolecular Hbond substituents is 1. The molecule has 5 nitrogen and oxygen atoms in total. The second-order valence-electron chi connectivity index (χ2n) is 7.91. The smallest absolute Gasteiger partial charge is 0.419 e. The first-order valence-electron chi connectivity index (χ1n) is 9.86. The highest BCUT2D eigenvalue weighted by atomic mass is 19.4. The van der Waals surface area contributed by atoms with Crippen molar-refractivity contribution < 1.29 is 32.2 Å². The molecule has 0 radical (unpaired) electrons. The van der Waals surface area contributed by atoms with E-state index in [0.717, 1.165) is 24.3 Å². The minimum atomic E-state index is -5.08. The van der Waals surface area contributed by atoms with Gasteiger partial charge in [0.1, 0.15) is 5.82 Å². The summed E-state index contributed by atoms with van der Waals surface area (Å²) in [5.41, 5.74) is -4.22. The number of benzene rings is 2. The van der Waals surface area contributed by atoms with Crippen molar-refractivity contribution in [1.82, 2.24) is 4.98 Å². The number of anilines is 1. The van der Waals surface area contributed by atoms with Gasteiger partial charge in [0, 0.05) is 22.7 Å². The second kappa shape index (κ2) is 7.47. The molecule has 0 fully saturated rings. The van der Waals surface area contributed by atoms with E-state index >= 15 is 0 Å². The number of aromatic hydroxyl groups is 1. The maximum Gasteiger partial charge on any atom is 0.419 e. The monoisotopic (exact) mass is 454 g/mol. The van der Waals surface area contributed by atoms with E-state index in [1.807, 2.05) is 0 Å². The van der Waals surface area contributed by atoms with Gasteiger partial charge in [0.15, 0.2) is 17.2 Å². The number of hydrogen-bond acceptors (Lipinski definition) is 4. The van der Waals surface area contributed by atoms with Crippen molar-refractivity contribution in [2.45, 2.75) is 43.5 Å². The molecule has 1 aliphatic carbocycles. The molecule has 10 heteroatoms. The lowest BCUT2D eigenvalue weighted by molar-refractivity contribution is -0.272. The molecule has 0 amide bonds. The number of phenols is 1. The summed E-state index contributed by atoms with van der Waals surface area (Å²) >= 11 is 0. The van der Waals surface area contributed by atoms with Crippen LogP contribution in [0.25, 0.3) is 10.9 Å². The molecule has 32 heavy (non-hydrogen) atoms. The quantitative estimate of drug-likeness (QED) is 0.426. The van der Waals surface area contributed by atoms with E-state index < -0.39 is 53.1 Å². The molecule has 1 aliphatic rings. The van der Waals surface area contributed by atoms with Gasteiger partial charge in [-0.1, -0.05) is 13.0 Å². The molecule has 0 spiro atoms. The number of aromatic amines is 1. The van der Waals surface area contributed by atoms with Crippen LogP contribution in [0.1, 0.15) is 42.9 Å². The predicted octanol–water partition coefficient (Wildman–Crippen LogP) is 4.86. The van der Waals surface area contributed by atoms with Gasteiger partial charge in [0.2, 0.25) is 5.56 Å². The van der Waals surface area contributed by atoms with Crippen LogP contribution in [0.4, 0.5) is 27.6 Å². The molecule has 4 rings (SSSR count). The fourth-order valence-electron chi connectivity index (χ4n) is 4.45. The van der Waals surface area contributed by atoms with Gasteiger partial charge in [0.05, 0.1) is 11.6 Å². The molecular formula is C22H19F5N2O3. The molecule has 0 bridgehead atoms. The van der Waals surface area contributed by atoms with Crippen LogP contribution in [-0.2, 0) is 0 Å². The highest BCUT2D eigenvalue weighted by Crippen LogP contribution is 2.55. The first kappa shape index (κ1) is 22.1. The fourth-order valence-corrected chi connectivity index (χ4v) is 4.45. The van der Waals surface area contributed by atoms with Gasteiger partial charge in [-0.05, 0) is 48.6 Å². The molecule has 0 aliphatic heterocycles. The van der Waals surface area contributed by atoms with Crippen molar-refractivity contribution in [2.24, 2.45) is 0 Å². The number of rotatable bonds is 3. The van der Waals surface area contributed by atoms with Gasteiger partial charge in [-0.3, -0.25) is 4.79 Å². The minimum Gasteiger partial charge on any atom is -0.505 e. The third-order valence-corrected chi connectivity index (χ3v) is 6.08. The Bertz CT molecular complexity index is 1260. The number of hydrogen-bond donors (Lipinski definition) is 4. The first-order valence-corrected chi connectivity index (χ1v) is 9.86. The number of halogens is 5. The number of alkyl halides is 3. The third kappa shape index (κ3) is 3.29. The fraction of sp³-hybridized carbons (Fsp3) is 0.318. The molecular weight excluding hydrogens is 435 g/mol. The lowest BCUT2D eigenvalue weighted by atomic mass is 9.69. The standard InChI is InChI=1S/C22H19F5N2O3/c1-2-10-9-21(32,22(25,26)27)20(12-3-5-14(24)19(31)17(10)12)28-15-7-6-13(23)18-11(15)4-8-16(30)29-18/h3-8,10,20,28,31-32H,2,9H2,1H3,(H,29,30)/t10-,20-,21-/m0/s1. The number of aromatic nitrogens is 1. The summed E-state index contributed by atoms with van der Waals surface area (Å²) in [6.45, 7) is 1.58. The summed E-state index contributed by atoms with van der Waals surface area (Å²) in [7, 11) is 0. The Morgan fingerprint density at radius 2 is 1.81 bits per heavy atom. The van der Waals surface area contributed by atoms with E-state index in [0.29, 0.717) is 0 Å². The topological polar surface area (TPSA) is 85.4 Å². The van der Waals surface area contributed by atoms with Gasteiger partial charge >= 0.3 is 6.18 Å². The summed E-state index contributed by atoms with van der Waals surface area (Å²) in [4.78, 5) is 13.9. The number of nitrogens with one attached hydrogen (secondary N) is 2. The molecule has 1 aromatic heterocycles. The van der Waals surface area contributed by atoms with Crippen molar-refractivity contribution >= 4 is 16.6 Å². The number of fused-ring (bicyclic) bond motifs is 2. The first-order chi connectivity index (χ1) is 15.0. The Morgan fingerprint density at radius 3 is 2.47 bits per heavy atom. The highest BCUT2D eigenvalue weighted by Gasteiger charge is 2.62. The summed E-state index contributed by atoms with van der Waals surface area (Å²) in [5, 5.41) is 23.9. The molecule has 3 aromatic rings. The van der Waals surface area contributed by atoms with Gasteiger partial charge < -0.3 is 20.5 Å². The van der Waals surface area contributed by atoms with Crippen LogP contribution in [0, 0.1) is 11.6 Å². The summed E-state index contributed by atoms with van der Waals surface area (Å²) in [6, 6.07) is 4.56. The third-order valence-electron chi connectivity index (χ3n) is 6.08. The lowest BCUT2D eigenvalue weighted by Gasteiger charge is -2.45. The van der Waals surface area contributed by atoms with E-state index in [1.54, 1.807) is 6.92 Å². The van der Waals surface area contributed by atoms with Crippen LogP contribution >= 0.6 is 0 Å². The molecule has 4 N–H and O–H groups in total. The van der Waals surface area contributed by atoms with Gasteiger partial charge in [-0.25, -0.2) is 8.78 Å². The summed E-state index contributed by atoms with van der Waals surface area (Å²) in [5.74, 6) is -3.49. The zero-order valence-electron chi connectivity index (χ0n) is 16.7. The van der Waals surface area contributed by atoms with Crippen LogP contribution in [0.15, 0.2) is 41.2 Å². The maximum absolute atomic E-state index is 14.2. The SMILES string of the molecule is CC[C@H]1C[C@@](O)(C(F)(F)F)[C@@H](Nc2ccc(F)c3[nH]c(=O)ccc23)c2ccc(F)c(O)c21. The molecule has 0 saturated heterocycles. The normalized spacial score (nSPS) is 23.2. The number of pyridine rings is 1. The zero-order valence-corrected chi connectivity index (χ0v) is 16.7. The average Bonchev–Trinajstić information content (AvgIpc) is 2.73. The molecule has 170 valence electrons. The Balaban J connectivity index is 1.95. The van der Waals surface area contributed by atoms with Gasteiger partial charge in [0.25, 0.3) is 0 Å². The van der Waals surface area contributed by atoms with Crippen LogP contribution in [0.2, 0.25) is 0 Å². The van der Waals surface area contributed by atoms with E-state index in [9.17, 15) is 37.0 Å². The number of H-pyrrole nitrogens is 1. The largest absolute Gasteiger partial charge is 0.505 e. The van der Waals surface area contributed by atoms with Gasteiger partial charge in [-0.15, -0.1) is 0 Å². The summed E-state index contributed by atoms with van der Waals surface area (Å²) in [6.07, 6.45) is -5.77. The van der Waals surface area contributed by atoms with Gasteiger partial charge in [-0.2, -0.15) is 13.2 Å². The zero-order chi connectivity index (χ0) is 23.4. The minimum absolute atomic E-state index is 0.00929. The van der Waals surface area contributed by atoms with E-state index in [1.165, 1.54) is 12.1 Å². The number of aliphatic hydroxyl groups is 1. The summed E-state index contributed by atoms with van der Waals surface area (Å²) < 4.78 is 70.7. The Morgan fingerprint density at radius 1 is 1.12 bits per heavy atom. The van der Waals surface area contributed by atoms with Crippen molar-refractivity contribution in [1.29, 1.82) is 0 Å². The molecule has 0 unspecified atom stereocenters. The Labute approximate surface area is 178 Å². The average molecular weight is 454 g/mol. The van der Waals surface area contributed by atoms with Crippen molar-refractivity contribution in [3.63, 3.8) is 0 Å². The van der Waals surface area contributed by atoms with E-state index in [-0.39, 0.29) is 34.1 Å². The predicted molar refractivity (Wildman–Crippen MR) is 108 cm³/mol. The van der Waals surface area contributed by atoms with E-state index in [2.05, 4.69) is 10.3 Å².